The summed E-state index contributed by atoms with van der Waals surface area (Å²) in [7, 11) is -5.44. The van der Waals surface area contributed by atoms with Crippen LogP contribution in [-0.2, 0) is 16.4 Å². The normalized spacial score (nSPS) is 15.0. The summed E-state index contributed by atoms with van der Waals surface area (Å²) in [4.78, 5) is 11.2. The van der Waals surface area contributed by atoms with Gasteiger partial charge < -0.3 is 5.32 Å². The van der Waals surface area contributed by atoms with E-state index in [-0.39, 0.29) is 18.2 Å². The second-order valence-corrected chi connectivity index (χ2v) is 8.03. The van der Waals surface area contributed by atoms with Gasteiger partial charge in [0.05, 0.1) is 11.4 Å². The molecule has 1 heterocycles. The molecule has 0 saturated heterocycles. The van der Waals surface area contributed by atoms with Gasteiger partial charge in [-0.05, 0) is 49.3 Å². The highest BCUT2D eigenvalue weighted by molar-refractivity contribution is 7.92. The van der Waals surface area contributed by atoms with Crippen molar-refractivity contribution in [2.45, 2.75) is 35.8 Å². The summed E-state index contributed by atoms with van der Waals surface area (Å²) in [5.41, 5.74) is -5.37. The van der Waals surface area contributed by atoms with Gasteiger partial charge in [0.1, 0.15) is 0 Å². The molecule has 26 heavy (non-hydrogen) atoms. The van der Waals surface area contributed by atoms with E-state index in [4.69, 9.17) is 12.2 Å². The number of aromatic amines is 1. The van der Waals surface area contributed by atoms with E-state index in [1.54, 1.807) is 0 Å². The van der Waals surface area contributed by atoms with E-state index in [1.807, 2.05) is 4.57 Å². The molecule has 1 fully saturated rings. The lowest BCUT2D eigenvalue weighted by atomic mass is 10.2. The summed E-state index contributed by atoms with van der Waals surface area (Å²) in [6.45, 7) is 0.0745. The van der Waals surface area contributed by atoms with E-state index in [0.717, 1.165) is 37.1 Å². The Hall–Kier alpha value is -2.21. The molecule has 12 heteroatoms. The summed E-state index contributed by atoms with van der Waals surface area (Å²) >= 11 is 5.13. The number of sulfone groups is 1. The molecule has 2 N–H and O–H groups in total. The van der Waals surface area contributed by atoms with Gasteiger partial charge in [-0.25, -0.2) is 8.42 Å². The molecule has 1 saturated carbocycles. The summed E-state index contributed by atoms with van der Waals surface area (Å²) in [6.07, 6.45) is 1.95. The largest absolute Gasteiger partial charge is 0.501 e. The standard InChI is InChI=1S/C14H13F3N4O3S2/c15-14(16,17)26(23,24)10-5-1-8(2-6-10)12(22)18-7-11-19-20-13(25)21(11)9-3-4-9/h1-2,5-6,9H,3-4,7H2,(H,18,22)(H,20,25). The van der Waals surface area contributed by atoms with Crippen LogP contribution in [0.4, 0.5) is 13.2 Å². The molecule has 0 atom stereocenters. The van der Waals surface area contributed by atoms with Gasteiger partial charge in [0.2, 0.25) is 0 Å². The monoisotopic (exact) mass is 406 g/mol. The Morgan fingerprint density at radius 1 is 1.31 bits per heavy atom. The highest BCUT2D eigenvalue weighted by atomic mass is 32.2. The number of hydrogen-bond donors (Lipinski definition) is 2. The van der Waals surface area contributed by atoms with Crippen molar-refractivity contribution in [1.82, 2.24) is 20.1 Å². The summed E-state index contributed by atoms with van der Waals surface area (Å²) < 4.78 is 62.4. The lowest BCUT2D eigenvalue weighted by Gasteiger charge is -2.09. The molecule has 0 spiro atoms. The van der Waals surface area contributed by atoms with Gasteiger partial charge in [-0.3, -0.25) is 14.5 Å². The molecule has 3 rings (SSSR count). The van der Waals surface area contributed by atoms with Crippen LogP contribution in [0.2, 0.25) is 0 Å². The molecule has 7 nitrogen and oxygen atoms in total. The SMILES string of the molecule is O=C(NCc1n[nH]c(=S)n1C1CC1)c1ccc(S(=O)(=O)C(F)(F)F)cc1. The van der Waals surface area contributed by atoms with Gasteiger partial charge >= 0.3 is 5.51 Å². The zero-order valence-electron chi connectivity index (χ0n) is 13.1. The molecule has 1 aliphatic rings. The minimum absolute atomic E-state index is 0.0261. The lowest BCUT2D eigenvalue weighted by molar-refractivity contribution is -0.0436. The van der Waals surface area contributed by atoms with Gasteiger partial charge in [-0.15, -0.1) is 0 Å². The number of nitrogens with one attached hydrogen (secondary N) is 2. The molecule has 140 valence electrons. The Kier molecular flexibility index (Phi) is 4.65. The zero-order chi connectivity index (χ0) is 19.1. The predicted molar refractivity (Wildman–Crippen MR) is 86.5 cm³/mol. The molecule has 0 aliphatic heterocycles. The minimum Gasteiger partial charge on any atom is -0.345 e. The Morgan fingerprint density at radius 2 is 1.92 bits per heavy atom. The maximum absolute atomic E-state index is 12.5. The third-order valence-electron chi connectivity index (χ3n) is 3.83. The van der Waals surface area contributed by atoms with E-state index in [0.29, 0.717) is 10.6 Å². The molecular weight excluding hydrogens is 393 g/mol. The highest BCUT2D eigenvalue weighted by Crippen LogP contribution is 2.35. The van der Waals surface area contributed by atoms with Crippen molar-refractivity contribution in [1.29, 1.82) is 0 Å². The van der Waals surface area contributed by atoms with Crippen LogP contribution in [0.25, 0.3) is 0 Å². The second kappa shape index (κ2) is 6.50. The molecule has 0 radical (unpaired) electrons. The number of carbonyl (C=O) groups is 1. The quantitative estimate of drug-likeness (QED) is 0.744. The van der Waals surface area contributed by atoms with Crippen LogP contribution in [0.3, 0.4) is 0 Å². The third-order valence-corrected chi connectivity index (χ3v) is 5.62. The van der Waals surface area contributed by atoms with Crippen LogP contribution >= 0.6 is 12.2 Å². The molecule has 1 aromatic heterocycles. The lowest BCUT2D eigenvalue weighted by Crippen LogP contribution is -2.25. The van der Waals surface area contributed by atoms with Crippen LogP contribution in [-0.4, -0.2) is 34.6 Å². The number of hydrogen-bond acceptors (Lipinski definition) is 5. The molecule has 2 aromatic rings. The zero-order valence-corrected chi connectivity index (χ0v) is 14.7. The second-order valence-electron chi connectivity index (χ2n) is 5.70. The number of halogens is 3. The van der Waals surface area contributed by atoms with Crippen LogP contribution in [0, 0.1) is 4.77 Å². The average Bonchev–Trinajstić information content (AvgIpc) is 3.34. The topological polar surface area (TPSA) is 96.8 Å². The molecule has 0 bridgehead atoms. The number of benzene rings is 1. The Morgan fingerprint density at radius 3 is 2.46 bits per heavy atom. The van der Waals surface area contributed by atoms with E-state index in [9.17, 15) is 26.4 Å². The van der Waals surface area contributed by atoms with Gasteiger partial charge in [-0.2, -0.15) is 18.3 Å². The number of nitrogens with zero attached hydrogens (tertiary/aromatic N) is 2. The average molecular weight is 406 g/mol. The number of carbonyl (C=O) groups excluding carboxylic acids is 1. The van der Waals surface area contributed by atoms with Crippen LogP contribution in [0.5, 0.6) is 0 Å². The highest BCUT2D eigenvalue weighted by Gasteiger charge is 2.46. The number of amides is 1. The van der Waals surface area contributed by atoms with E-state index >= 15 is 0 Å². The van der Waals surface area contributed by atoms with E-state index in [2.05, 4.69) is 15.5 Å². The Labute approximate surface area is 151 Å². The first-order valence-electron chi connectivity index (χ1n) is 7.46. The van der Waals surface area contributed by atoms with Crippen LogP contribution in [0.15, 0.2) is 29.2 Å². The van der Waals surface area contributed by atoms with E-state index in [1.165, 1.54) is 0 Å². The first kappa shape index (κ1) is 18.6. The van der Waals surface area contributed by atoms with Crippen molar-refractivity contribution in [3.8, 4) is 0 Å². The van der Waals surface area contributed by atoms with Crippen molar-refractivity contribution < 1.29 is 26.4 Å². The number of rotatable bonds is 5. The Bertz CT molecular complexity index is 990. The van der Waals surface area contributed by atoms with E-state index < -0.39 is 26.1 Å². The maximum atomic E-state index is 12.5. The van der Waals surface area contributed by atoms with Gasteiger partial charge in [-0.1, -0.05) is 0 Å². The van der Waals surface area contributed by atoms with Crippen LogP contribution < -0.4 is 5.32 Å². The van der Waals surface area contributed by atoms with Gasteiger partial charge in [0.25, 0.3) is 15.7 Å². The van der Waals surface area contributed by atoms with Crippen molar-refractivity contribution in [2.75, 3.05) is 0 Å². The fourth-order valence-corrected chi connectivity index (χ4v) is 3.41. The third kappa shape index (κ3) is 3.51. The molecule has 1 aromatic carbocycles. The maximum Gasteiger partial charge on any atom is 0.501 e. The number of aromatic nitrogens is 3. The van der Waals surface area contributed by atoms with Crippen LogP contribution in [0.1, 0.15) is 35.1 Å². The van der Waals surface area contributed by atoms with Crippen molar-refractivity contribution in [3.05, 3.63) is 40.4 Å². The molecular formula is C14H13F3N4O3S2. The van der Waals surface area contributed by atoms with Gasteiger partial charge in [0.15, 0.2) is 10.6 Å². The summed E-state index contributed by atoms with van der Waals surface area (Å²) in [6, 6.07) is 3.80. The summed E-state index contributed by atoms with van der Waals surface area (Å²) in [5.74, 6) is -0.0284. The fraction of sp³-hybridized carbons (Fsp3) is 0.357. The predicted octanol–water partition coefficient (Wildman–Crippen LogP) is 2.50. The first-order chi connectivity index (χ1) is 12.1. The van der Waals surface area contributed by atoms with Crippen molar-refractivity contribution >= 4 is 28.0 Å². The van der Waals surface area contributed by atoms with Gasteiger partial charge in [0, 0.05) is 11.6 Å². The molecule has 0 unspecified atom stereocenters. The van der Waals surface area contributed by atoms with Crippen molar-refractivity contribution in [2.24, 2.45) is 0 Å². The first-order valence-corrected chi connectivity index (χ1v) is 9.36. The fourth-order valence-electron chi connectivity index (χ4n) is 2.35. The minimum atomic E-state index is -5.44. The summed E-state index contributed by atoms with van der Waals surface area (Å²) in [5, 5.41) is 9.27. The molecule has 1 aliphatic carbocycles. The smallest absolute Gasteiger partial charge is 0.345 e. The Balaban J connectivity index is 1.70. The number of H-pyrrole nitrogens is 1. The number of alkyl halides is 3. The molecule has 1 amide bonds. The van der Waals surface area contributed by atoms with Crippen molar-refractivity contribution in [3.63, 3.8) is 0 Å².